The van der Waals surface area contributed by atoms with Gasteiger partial charge in [0, 0.05) is 26.1 Å². The fourth-order valence-electron chi connectivity index (χ4n) is 3.38. The number of carbonyl (C=O) groups excluding carboxylic acids is 1. The van der Waals surface area contributed by atoms with E-state index in [-0.39, 0.29) is 11.9 Å². The zero-order chi connectivity index (χ0) is 19.2. The van der Waals surface area contributed by atoms with Crippen LogP contribution in [-0.2, 0) is 35.5 Å². The van der Waals surface area contributed by atoms with E-state index in [1.807, 2.05) is 18.2 Å². The number of nitrogens with zero attached hydrogens (tertiary/aromatic N) is 3. The van der Waals surface area contributed by atoms with Crippen LogP contribution in [0.4, 0.5) is 0 Å². The van der Waals surface area contributed by atoms with Gasteiger partial charge < -0.3 is 24.1 Å². The molecule has 0 saturated carbocycles. The number of aryl methyl sites for hydroxylation is 1. The highest BCUT2D eigenvalue weighted by atomic mass is 16.5. The van der Waals surface area contributed by atoms with Crippen LogP contribution in [0.2, 0.25) is 0 Å². The van der Waals surface area contributed by atoms with Gasteiger partial charge >= 0.3 is 0 Å². The number of fused-ring (bicyclic) bond motifs is 1. The molecule has 1 atom stereocenters. The van der Waals surface area contributed by atoms with Gasteiger partial charge in [-0.2, -0.15) is 0 Å². The number of carbonyl (C=O) groups is 1. The number of hydrogen-bond donors (Lipinski definition) is 1. The third-order valence-corrected chi connectivity index (χ3v) is 4.77. The van der Waals surface area contributed by atoms with Gasteiger partial charge in [0.1, 0.15) is 12.4 Å². The molecule has 1 aromatic heterocycles. The molecule has 8 nitrogen and oxygen atoms in total. The Morgan fingerprint density at radius 3 is 2.74 bits per heavy atom. The van der Waals surface area contributed by atoms with E-state index < -0.39 is 0 Å². The molecule has 146 valence electrons. The number of methoxy groups -OCH3 is 3. The lowest BCUT2D eigenvalue weighted by Crippen LogP contribution is -2.36. The standard InChI is InChI=1S/C19H26N4O4/c1-25-12-18-22-21-17-7-5-14(8-9-23(17)18)20-19(24)11-13-4-6-15(26-2)16(10-13)27-3/h4,6,10,14H,5,7-9,11-12H2,1-3H3,(H,20,24). The van der Waals surface area contributed by atoms with Crippen molar-refractivity contribution in [2.45, 2.75) is 44.9 Å². The summed E-state index contributed by atoms with van der Waals surface area (Å²) < 4.78 is 17.8. The second-order valence-electron chi connectivity index (χ2n) is 6.58. The van der Waals surface area contributed by atoms with Gasteiger partial charge in [-0.15, -0.1) is 10.2 Å². The molecule has 0 aliphatic carbocycles. The third-order valence-electron chi connectivity index (χ3n) is 4.77. The van der Waals surface area contributed by atoms with Gasteiger partial charge in [0.2, 0.25) is 5.91 Å². The van der Waals surface area contributed by atoms with Crippen molar-refractivity contribution in [1.82, 2.24) is 20.1 Å². The van der Waals surface area contributed by atoms with Crippen molar-refractivity contribution in [2.24, 2.45) is 0 Å². The van der Waals surface area contributed by atoms with E-state index in [1.54, 1.807) is 21.3 Å². The van der Waals surface area contributed by atoms with E-state index in [9.17, 15) is 4.79 Å². The van der Waals surface area contributed by atoms with Crippen LogP contribution < -0.4 is 14.8 Å². The van der Waals surface area contributed by atoms with Crippen LogP contribution in [0.5, 0.6) is 11.5 Å². The normalized spacial score (nSPS) is 16.3. The molecule has 0 bridgehead atoms. The summed E-state index contributed by atoms with van der Waals surface area (Å²) in [6.45, 7) is 1.23. The zero-order valence-corrected chi connectivity index (χ0v) is 16.0. The van der Waals surface area contributed by atoms with Gasteiger partial charge in [-0.25, -0.2) is 0 Å². The molecule has 1 unspecified atom stereocenters. The molecule has 1 aliphatic heterocycles. The summed E-state index contributed by atoms with van der Waals surface area (Å²) >= 11 is 0. The average Bonchev–Trinajstić information content (AvgIpc) is 2.94. The first-order valence-corrected chi connectivity index (χ1v) is 9.04. The van der Waals surface area contributed by atoms with E-state index in [1.165, 1.54) is 0 Å². The number of aromatic nitrogens is 3. The lowest BCUT2D eigenvalue weighted by Gasteiger charge is -2.16. The van der Waals surface area contributed by atoms with Crippen molar-refractivity contribution < 1.29 is 19.0 Å². The minimum atomic E-state index is 0.00185. The molecule has 0 saturated heterocycles. The topological polar surface area (TPSA) is 87.5 Å². The summed E-state index contributed by atoms with van der Waals surface area (Å²) in [6.07, 6.45) is 2.79. The lowest BCUT2D eigenvalue weighted by atomic mass is 10.1. The van der Waals surface area contributed by atoms with Crippen LogP contribution in [-0.4, -0.2) is 48.0 Å². The predicted octanol–water partition coefficient (Wildman–Crippen LogP) is 1.51. The number of benzene rings is 1. The molecule has 1 N–H and O–H groups in total. The maximum atomic E-state index is 12.5. The largest absolute Gasteiger partial charge is 0.493 e. The molecule has 0 spiro atoms. The molecule has 8 heteroatoms. The van der Waals surface area contributed by atoms with E-state index >= 15 is 0 Å². The Balaban J connectivity index is 1.57. The quantitative estimate of drug-likeness (QED) is 0.790. The fourth-order valence-corrected chi connectivity index (χ4v) is 3.38. The van der Waals surface area contributed by atoms with Crippen LogP contribution in [0.1, 0.15) is 30.1 Å². The molecule has 1 aliphatic rings. The van der Waals surface area contributed by atoms with E-state index in [4.69, 9.17) is 14.2 Å². The van der Waals surface area contributed by atoms with Crippen LogP contribution >= 0.6 is 0 Å². The number of ether oxygens (including phenoxy) is 3. The Morgan fingerprint density at radius 2 is 2.00 bits per heavy atom. The van der Waals surface area contributed by atoms with E-state index in [0.717, 1.165) is 43.0 Å². The summed E-state index contributed by atoms with van der Waals surface area (Å²) in [4.78, 5) is 12.5. The highest BCUT2D eigenvalue weighted by Crippen LogP contribution is 2.27. The smallest absolute Gasteiger partial charge is 0.224 e. The molecule has 1 amide bonds. The SMILES string of the molecule is COCc1nnc2n1CCC(NC(=O)Cc1ccc(OC)c(OC)c1)CC2. The first-order chi connectivity index (χ1) is 13.1. The zero-order valence-electron chi connectivity index (χ0n) is 16.0. The van der Waals surface area contributed by atoms with Gasteiger partial charge in [-0.1, -0.05) is 6.07 Å². The summed E-state index contributed by atoms with van der Waals surface area (Å²) in [7, 11) is 4.83. The molecule has 2 heterocycles. The number of nitrogens with one attached hydrogen (secondary N) is 1. The van der Waals surface area contributed by atoms with Crippen molar-refractivity contribution in [3.8, 4) is 11.5 Å². The Labute approximate surface area is 158 Å². The summed E-state index contributed by atoms with van der Waals surface area (Å²) in [6, 6.07) is 5.65. The maximum Gasteiger partial charge on any atom is 0.224 e. The van der Waals surface area contributed by atoms with Crippen LogP contribution in [0.3, 0.4) is 0 Å². The molecule has 3 rings (SSSR count). The van der Waals surface area contributed by atoms with Gasteiger partial charge in [-0.05, 0) is 30.5 Å². The van der Waals surface area contributed by atoms with Gasteiger partial charge in [0.25, 0.3) is 0 Å². The molecular formula is C19H26N4O4. The van der Waals surface area contributed by atoms with Crippen molar-refractivity contribution in [3.05, 3.63) is 35.4 Å². The Bertz CT molecular complexity index is 790. The van der Waals surface area contributed by atoms with Gasteiger partial charge in [0.05, 0.1) is 20.6 Å². The summed E-state index contributed by atoms with van der Waals surface area (Å²) in [5, 5.41) is 11.6. The molecule has 1 aromatic carbocycles. The van der Waals surface area contributed by atoms with E-state index in [2.05, 4.69) is 20.1 Å². The molecule has 0 fully saturated rings. The highest BCUT2D eigenvalue weighted by Gasteiger charge is 2.21. The Kier molecular flexibility index (Phi) is 6.28. The molecular weight excluding hydrogens is 348 g/mol. The first kappa shape index (κ1) is 19.2. The third kappa shape index (κ3) is 4.57. The monoisotopic (exact) mass is 374 g/mol. The molecule has 0 radical (unpaired) electrons. The first-order valence-electron chi connectivity index (χ1n) is 9.04. The molecule has 27 heavy (non-hydrogen) atoms. The van der Waals surface area contributed by atoms with Gasteiger partial charge in [-0.3, -0.25) is 4.79 Å². The van der Waals surface area contributed by atoms with Crippen molar-refractivity contribution in [1.29, 1.82) is 0 Å². The summed E-state index contributed by atoms with van der Waals surface area (Å²) in [5.41, 5.74) is 0.887. The van der Waals surface area contributed by atoms with Crippen molar-refractivity contribution >= 4 is 5.91 Å². The number of hydrogen-bond acceptors (Lipinski definition) is 6. The minimum absolute atomic E-state index is 0.00185. The number of rotatable bonds is 7. The van der Waals surface area contributed by atoms with Gasteiger partial charge in [0.15, 0.2) is 17.3 Å². The van der Waals surface area contributed by atoms with Crippen LogP contribution in [0.25, 0.3) is 0 Å². The number of amides is 1. The lowest BCUT2D eigenvalue weighted by molar-refractivity contribution is -0.121. The second-order valence-corrected chi connectivity index (χ2v) is 6.58. The van der Waals surface area contributed by atoms with E-state index in [0.29, 0.717) is 24.5 Å². The average molecular weight is 374 g/mol. The van der Waals surface area contributed by atoms with Crippen LogP contribution in [0.15, 0.2) is 18.2 Å². The fraction of sp³-hybridized carbons (Fsp3) is 0.526. The van der Waals surface area contributed by atoms with Crippen molar-refractivity contribution in [2.75, 3.05) is 21.3 Å². The molecule has 2 aromatic rings. The Hall–Kier alpha value is -2.61. The maximum absolute atomic E-state index is 12.5. The minimum Gasteiger partial charge on any atom is -0.493 e. The van der Waals surface area contributed by atoms with Crippen LogP contribution in [0, 0.1) is 0 Å². The second kappa shape index (κ2) is 8.85. The Morgan fingerprint density at radius 1 is 1.19 bits per heavy atom. The summed E-state index contributed by atoms with van der Waals surface area (Å²) in [5.74, 6) is 3.08. The van der Waals surface area contributed by atoms with Crippen molar-refractivity contribution in [3.63, 3.8) is 0 Å². The predicted molar refractivity (Wildman–Crippen MR) is 98.9 cm³/mol. The highest BCUT2D eigenvalue weighted by molar-refractivity contribution is 5.79.